The lowest BCUT2D eigenvalue weighted by molar-refractivity contribution is -0.300. The second kappa shape index (κ2) is 18.5. The van der Waals surface area contributed by atoms with Gasteiger partial charge in [0, 0.05) is 38.2 Å². The smallest absolute Gasteiger partial charge is 0.407 e. The van der Waals surface area contributed by atoms with Gasteiger partial charge in [0.05, 0.1) is 49.8 Å². The van der Waals surface area contributed by atoms with Crippen molar-refractivity contribution in [1.82, 2.24) is 5.32 Å². The number of rotatable bonds is 8. The van der Waals surface area contributed by atoms with Crippen LogP contribution in [0.15, 0.2) is 71.9 Å². The summed E-state index contributed by atoms with van der Waals surface area (Å²) >= 11 is 0. The molecule has 16 atom stereocenters. The highest BCUT2D eigenvalue weighted by molar-refractivity contribution is 5.78. The second-order valence-corrected chi connectivity index (χ2v) is 17.6. The average Bonchev–Trinajstić information content (AvgIpc) is 3.55. The number of esters is 1. The lowest BCUT2D eigenvalue weighted by Crippen LogP contribution is -2.68. The summed E-state index contributed by atoms with van der Waals surface area (Å²) in [7, 11) is 2.92. The van der Waals surface area contributed by atoms with E-state index < -0.39 is 83.9 Å². The highest BCUT2D eigenvalue weighted by atomic mass is 16.7. The van der Waals surface area contributed by atoms with Gasteiger partial charge in [0.15, 0.2) is 12.1 Å². The fourth-order valence-electron chi connectivity index (χ4n) is 10.00. The predicted molar refractivity (Wildman–Crippen MR) is 220 cm³/mol. The number of aliphatic hydroxyl groups excluding tert-OH is 1. The van der Waals surface area contributed by atoms with Crippen molar-refractivity contribution in [1.29, 1.82) is 0 Å². The Hall–Kier alpha value is -3.14. The lowest BCUT2D eigenvalue weighted by Gasteiger charge is -2.49. The summed E-state index contributed by atoms with van der Waals surface area (Å²) in [4.78, 5) is 26.9. The number of carbonyl (C=O) groups is 2. The van der Waals surface area contributed by atoms with Gasteiger partial charge in [0.25, 0.3) is 0 Å². The van der Waals surface area contributed by atoms with E-state index in [0.717, 1.165) is 12.0 Å². The number of alkyl carbamates (subject to hydrolysis) is 1. The molecule has 6 aliphatic rings. The fourth-order valence-corrected chi connectivity index (χ4v) is 10.00. The van der Waals surface area contributed by atoms with E-state index in [1.54, 1.807) is 32.3 Å². The third-order valence-electron chi connectivity index (χ3n) is 13.7. The van der Waals surface area contributed by atoms with Crippen LogP contribution >= 0.6 is 0 Å². The predicted octanol–water partition coefficient (Wildman–Crippen LogP) is 6.15. The van der Waals surface area contributed by atoms with Crippen LogP contribution in [0.5, 0.6) is 0 Å². The van der Waals surface area contributed by atoms with Gasteiger partial charge in [-0.2, -0.15) is 0 Å². The third kappa shape index (κ3) is 8.95. The maximum Gasteiger partial charge on any atom is 0.407 e. The molecule has 328 valence electrons. The number of carbonyl (C=O) groups excluding carboxylic acids is 2. The molecule has 1 aliphatic carbocycles. The van der Waals surface area contributed by atoms with Gasteiger partial charge < -0.3 is 53.4 Å². The summed E-state index contributed by atoms with van der Waals surface area (Å²) in [5.74, 6) is -2.62. The van der Waals surface area contributed by atoms with Gasteiger partial charge in [-0.05, 0) is 62.3 Å². The van der Waals surface area contributed by atoms with Gasteiger partial charge in [-0.1, -0.05) is 76.6 Å². The molecule has 3 fully saturated rings. The molecule has 0 saturated carbocycles. The first-order valence-corrected chi connectivity index (χ1v) is 21.4. The van der Waals surface area contributed by atoms with E-state index in [4.69, 9.17) is 37.9 Å². The minimum absolute atomic E-state index is 0.0231. The molecule has 3 N–H and O–H groups in total. The molecular formula is C46H67NO12. The van der Waals surface area contributed by atoms with E-state index in [0.29, 0.717) is 36.8 Å². The highest BCUT2D eigenvalue weighted by Crippen LogP contribution is 2.47. The van der Waals surface area contributed by atoms with E-state index in [-0.39, 0.29) is 36.9 Å². The Bertz CT molecular complexity index is 1710. The average molecular weight is 826 g/mol. The Balaban J connectivity index is 1.37. The van der Waals surface area contributed by atoms with Crippen LogP contribution in [-0.4, -0.2) is 115 Å². The van der Waals surface area contributed by atoms with Crippen molar-refractivity contribution in [2.75, 3.05) is 20.8 Å². The molecular weight excluding hydrogens is 759 g/mol. The number of amides is 1. The van der Waals surface area contributed by atoms with Crippen molar-refractivity contribution in [3.63, 3.8) is 0 Å². The summed E-state index contributed by atoms with van der Waals surface area (Å²) in [6.45, 7) is 18.1. The van der Waals surface area contributed by atoms with Gasteiger partial charge in [-0.25, -0.2) is 4.79 Å². The topological polar surface area (TPSA) is 160 Å². The number of ether oxygens (including phenoxy) is 8. The standard InChI is InChI=1S/C46H67NO12/c1-11-19-45(47-43(50)53-10)31(8)55-37(23-36(45)52-9)57-39-27(4)14-13-15-32-25-54-41-38(48)30(7)21-35(46(32,41)51)42(49)56-34-22-33(17-16-28(39)5)58-44(24-34)20-18-29(6)40(59-44)26(3)12-2/h11,13-16,18,20-21,26-27,29,31,33-41,48,51H,1,12,17,19,22-25H2,2-10H3,(H,47,50)/b14-13+,28-16+,32-15+/t26?,27?,29-,31-,33+,34-,35-,36-,37?,38+,39-,40+,41+,44+,45+,46+/m0/s1. The van der Waals surface area contributed by atoms with Crippen LogP contribution in [0.1, 0.15) is 87.0 Å². The van der Waals surface area contributed by atoms with Crippen molar-refractivity contribution in [2.45, 2.75) is 159 Å². The fraction of sp³-hybridized carbons (Fsp3) is 0.696. The maximum absolute atomic E-state index is 14.3. The van der Waals surface area contributed by atoms with E-state index >= 15 is 0 Å². The molecule has 1 spiro atoms. The van der Waals surface area contributed by atoms with Crippen molar-refractivity contribution in [3.8, 4) is 0 Å². The highest BCUT2D eigenvalue weighted by Gasteiger charge is 2.60. The molecule has 0 aromatic carbocycles. The molecule has 2 bridgehead atoms. The first-order chi connectivity index (χ1) is 28.0. The largest absolute Gasteiger partial charge is 0.462 e. The third-order valence-corrected chi connectivity index (χ3v) is 13.7. The van der Waals surface area contributed by atoms with Gasteiger partial charge in [0.2, 0.25) is 0 Å². The number of aliphatic hydroxyl groups is 2. The quantitative estimate of drug-likeness (QED) is 0.190. The van der Waals surface area contributed by atoms with Crippen molar-refractivity contribution in [2.24, 2.45) is 23.7 Å². The molecule has 6 rings (SSSR count). The van der Waals surface area contributed by atoms with Crippen LogP contribution in [0.4, 0.5) is 4.79 Å². The second-order valence-electron chi connectivity index (χ2n) is 17.6. The van der Waals surface area contributed by atoms with Gasteiger partial charge in [0.1, 0.15) is 29.8 Å². The van der Waals surface area contributed by atoms with Gasteiger partial charge >= 0.3 is 12.1 Å². The Labute approximate surface area is 349 Å². The van der Waals surface area contributed by atoms with Gasteiger partial charge in [-0.3, -0.25) is 4.79 Å². The molecule has 13 nitrogen and oxygen atoms in total. The van der Waals surface area contributed by atoms with Crippen molar-refractivity contribution in [3.05, 3.63) is 71.9 Å². The zero-order chi connectivity index (χ0) is 42.9. The number of nitrogens with one attached hydrogen (secondary N) is 1. The number of methoxy groups -OCH3 is 2. The molecule has 5 heterocycles. The maximum atomic E-state index is 14.3. The molecule has 5 aliphatic heterocycles. The van der Waals surface area contributed by atoms with E-state index in [9.17, 15) is 19.8 Å². The molecule has 1 amide bonds. The number of allylic oxidation sites excluding steroid dienone is 2. The monoisotopic (exact) mass is 825 g/mol. The van der Waals surface area contributed by atoms with Crippen LogP contribution in [0.3, 0.4) is 0 Å². The number of hydrogen-bond acceptors (Lipinski definition) is 12. The van der Waals surface area contributed by atoms with Crippen LogP contribution in [0.25, 0.3) is 0 Å². The molecule has 13 heteroatoms. The van der Waals surface area contributed by atoms with E-state index in [1.807, 2.05) is 39.0 Å². The van der Waals surface area contributed by atoms with E-state index in [1.165, 1.54) is 7.11 Å². The lowest BCUT2D eigenvalue weighted by atomic mass is 9.71. The molecule has 59 heavy (non-hydrogen) atoms. The van der Waals surface area contributed by atoms with Crippen LogP contribution < -0.4 is 5.32 Å². The molecule has 0 radical (unpaired) electrons. The Morgan fingerprint density at radius 3 is 2.56 bits per heavy atom. The van der Waals surface area contributed by atoms with Crippen molar-refractivity contribution >= 4 is 12.1 Å². The molecule has 3 unspecified atom stereocenters. The summed E-state index contributed by atoms with van der Waals surface area (Å²) in [6, 6.07) is 0. The Morgan fingerprint density at radius 2 is 1.86 bits per heavy atom. The Kier molecular flexibility index (Phi) is 14.2. The zero-order valence-corrected chi connectivity index (χ0v) is 36.3. The first-order valence-electron chi connectivity index (χ1n) is 21.4. The molecule has 3 saturated heterocycles. The van der Waals surface area contributed by atoms with Crippen LogP contribution in [-0.2, 0) is 42.7 Å². The number of hydrogen-bond donors (Lipinski definition) is 3. The zero-order valence-electron chi connectivity index (χ0n) is 36.3. The van der Waals surface area contributed by atoms with E-state index in [2.05, 4.69) is 44.8 Å². The minimum Gasteiger partial charge on any atom is -0.462 e. The SMILES string of the molecule is C=CC[C@@]1(NC(=O)OC)[C@H](C)OC(O[C@@H]2/C(C)=C/C[C@@H]3C[C@@H](C[C@]4(C=C[C@H](C)[C@@H](C(C)CC)O4)O3)OC(=O)[C@@H]3C=C(C)[C@@H](O)[C@H]4OC/C(=C\C=C\C2C)[C@]43O)C[C@@H]1OC. The Morgan fingerprint density at radius 1 is 1.10 bits per heavy atom. The summed E-state index contributed by atoms with van der Waals surface area (Å²) in [5, 5.41) is 26.6. The van der Waals surface area contributed by atoms with Crippen molar-refractivity contribution < 1.29 is 57.7 Å². The summed E-state index contributed by atoms with van der Waals surface area (Å²) in [6.07, 6.45) is 11.9. The summed E-state index contributed by atoms with van der Waals surface area (Å²) in [5.41, 5.74) is -0.858. The number of fused-ring (bicyclic) bond motifs is 2. The summed E-state index contributed by atoms with van der Waals surface area (Å²) < 4.78 is 50.5. The van der Waals surface area contributed by atoms with Gasteiger partial charge in [-0.15, -0.1) is 6.58 Å². The minimum atomic E-state index is -1.84. The normalized spacial score (nSPS) is 45.4. The van der Waals surface area contributed by atoms with Crippen LogP contribution in [0, 0.1) is 23.7 Å². The first kappa shape index (κ1) is 45.4. The molecule has 0 aromatic heterocycles. The van der Waals surface area contributed by atoms with Crippen LogP contribution in [0.2, 0.25) is 0 Å². The molecule has 0 aromatic rings.